The molecule has 0 atom stereocenters. The van der Waals surface area contributed by atoms with Gasteiger partial charge in [0.1, 0.15) is 0 Å². The maximum Gasteiger partial charge on any atom is 0.222 e. The molecule has 1 aliphatic heterocycles. The van der Waals surface area contributed by atoms with Crippen molar-refractivity contribution in [1.29, 1.82) is 0 Å². The monoisotopic (exact) mass is 241 g/mol. The summed E-state index contributed by atoms with van der Waals surface area (Å²) in [5, 5.41) is 0. The number of likely N-dealkylation sites (N-methyl/N-ethyl adjacent to an activating group) is 1. The minimum atomic E-state index is 0.341. The van der Waals surface area contributed by atoms with Crippen molar-refractivity contribution in [3.05, 3.63) is 0 Å². The van der Waals surface area contributed by atoms with Crippen LogP contribution in [-0.2, 0) is 4.79 Å². The van der Waals surface area contributed by atoms with Crippen molar-refractivity contribution in [1.82, 2.24) is 9.80 Å². The number of amides is 1. The van der Waals surface area contributed by atoms with E-state index >= 15 is 0 Å². The summed E-state index contributed by atoms with van der Waals surface area (Å²) in [5.41, 5.74) is 5.43. The first-order valence-corrected chi connectivity index (χ1v) is 6.98. The van der Waals surface area contributed by atoms with Gasteiger partial charge in [-0.3, -0.25) is 4.79 Å². The summed E-state index contributed by atoms with van der Waals surface area (Å²) >= 11 is 0. The molecule has 0 radical (unpaired) electrons. The smallest absolute Gasteiger partial charge is 0.222 e. The van der Waals surface area contributed by atoms with Gasteiger partial charge in [-0.05, 0) is 25.9 Å². The second-order valence-electron chi connectivity index (χ2n) is 4.77. The van der Waals surface area contributed by atoms with E-state index in [-0.39, 0.29) is 0 Å². The lowest BCUT2D eigenvalue weighted by molar-refractivity contribution is -0.133. The van der Waals surface area contributed by atoms with Gasteiger partial charge in [0.05, 0.1) is 0 Å². The second-order valence-corrected chi connectivity index (χ2v) is 4.77. The molecular weight excluding hydrogens is 214 g/mol. The van der Waals surface area contributed by atoms with Crippen LogP contribution in [-0.4, -0.2) is 55.0 Å². The molecule has 0 spiro atoms. The molecule has 1 aliphatic rings. The fourth-order valence-electron chi connectivity index (χ4n) is 2.25. The van der Waals surface area contributed by atoms with E-state index in [4.69, 9.17) is 5.73 Å². The molecule has 17 heavy (non-hydrogen) atoms. The Labute approximate surface area is 105 Å². The highest BCUT2D eigenvalue weighted by atomic mass is 16.2. The van der Waals surface area contributed by atoms with E-state index in [2.05, 4.69) is 11.8 Å². The third-order valence-corrected chi connectivity index (χ3v) is 3.52. The predicted molar refractivity (Wildman–Crippen MR) is 70.8 cm³/mol. The van der Waals surface area contributed by atoms with Gasteiger partial charge < -0.3 is 15.5 Å². The lowest BCUT2D eigenvalue weighted by Gasteiger charge is -2.34. The number of carbonyl (C=O) groups excluding carboxylic acids is 1. The van der Waals surface area contributed by atoms with Gasteiger partial charge in [0.2, 0.25) is 5.91 Å². The number of unbranched alkanes of at least 4 members (excludes halogenated alkanes) is 3. The Morgan fingerprint density at radius 3 is 2.29 bits per heavy atom. The zero-order valence-electron chi connectivity index (χ0n) is 11.2. The third-order valence-electron chi connectivity index (χ3n) is 3.52. The minimum Gasteiger partial charge on any atom is -0.340 e. The van der Waals surface area contributed by atoms with Crippen LogP contribution in [0.1, 0.15) is 39.0 Å². The van der Waals surface area contributed by atoms with Gasteiger partial charge in [0, 0.05) is 32.6 Å². The highest BCUT2D eigenvalue weighted by Gasteiger charge is 2.19. The molecule has 2 N–H and O–H groups in total. The molecular formula is C13H27N3O. The Morgan fingerprint density at radius 2 is 1.71 bits per heavy atom. The van der Waals surface area contributed by atoms with Crippen molar-refractivity contribution >= 4 is 5.91 Å². The Hall–Kier alpha value is -0.610. The molecule has 1 rings (SSSR count). The molecule has 0 aromatic carbocycles. The van der Waals surface area contributed by atoms with Crippen LogP contribution >= 0.6 is 0 Å². The van der Waals surface area contributed by atoms with Gasteiger partial charge in [0.15, 0.2) is 0 Å². The van der Waals surface area contributed by atoms with Gasteiger partial charge in [-0.15, -0.1) is 0 Å². The van der Waals surface area contributed by atoms with Crippen LogP contribution < -0.4 is 5.73 Å². The van der Waals surface area contributed by atoms with Crippen molar-refractivity contribution in [2.24, 2.45) is 5.73 Å². The summed E-state index contributed by atoms with van der Waals surface area (Å²) in [7, 11) is 0. The molecule has 1 saturated heterocycles. The van der Waals surface area contributed by atoms with Gasteiger partial charge >= 0.3 is 0 Å². The largest absolute Gasteiger partial charge is 0.340 e. The maximum atomic E-state index is 11.9. The molecule has 1 fully saturated rings. The Bertz CT molecular complexity index is 213. The molecule has 0 saturated carbocycles. The molecule has 4 nitrogen and oxygen atoms in total. The average Bonchev–Trinajstić information content (AvgIpc) is 2.38. The van der Waals surface area contributed by atoms with E-state index in [0.29, 0.717) is 5.91 Å². The van der Waals surface area contributed by atoms with E-state index in [1.807, 2.05) is 4.90 Å². The number of hydrogen-bond donors (Lipinski definition) is 1. The first-order valence-electron chi connectivity index (χ1n) is 6.98. The fourth-order valence-corrected chi connectivity index (χ4v) is 2.25. The number of nitrogens with zero attached hydrogens (tertiary/aromatic N) is 2. The van der Waals surface area contributed by atoms with Crippen molar-refractivity contribution in [3.63, 3.8) is 0 Å². The van der Waals surface area contributed by atoms with Gasteiger partial charge in [-0.1, -0.05) is 19.8 Å². The summed E-state index contributed by atoms with van der Waals surface area (Å²) in [4.78, 5) is 16.3. The highest BCUT2D eigenvalue weighted by Crippen LogP contribution is 2.08. The number of piperazine rings is 1. The summed E-state index contributed by atoms with van der Waals surface area (Å²) in [6.45, 7) is 7.94. The zero-order chi connectivity index (χ0) is 12.5. The van der Waals surface area contributed by atoms with E-state index in [9.17, 15) is 4.79 Å². The number of nitrogens with two attached hydrogens (primary N) is 1. The number of hydrogen-bond acceptors (Lipinski definition) is 3. The molecule has 0 aliphatic carbocycles. The van der Waals surface area contributed by atoms with Gasteiger partial charge in [-0.25, -0.2) is 0 Å². The van der Waals surface area contributed by atoms with E-state index in [0.717, 1.165) is 71.4 Å². The second kappa shape index (κ2) is 8.48. The quantitative estimate of drug-likeness (QED) is 0.678. The Balaban J connectivity index is 2.08. The summed E-state index contributed by atoms with van der Waals surface area (Å²) in [6, 6.07) is 0. The minimum absolute atomic E-state index is 0.341. The summed E-state index contributed by atoms with van der Waals surface area (Å²) in [5.74, 6) is 0.341. The molecule has 1 amide bonds. The molecule has 0 aromatic rings. The van der Waals surface area contributed by atoms with Crippen LogP contribution in [0, 0.1) is 0 Å². The molecule has 0 bridgehead atoms. The number of rotatable bonds is 7. The van der Waals surface area contributed by atoms with Crippen LogP contribution in [0.15, 0.2) is 0 Å². The SMILES string of the molecule is CCN1CCN(C(=O)CCCCCCN)CC1. The van der Waals surface area contributed by atoms with Crippen molar-refractivity contribution < 1.29 is 4.79 Å². The molecule has 1 heterocycles. The van der Waals surface area contributed by atoms with Crippen molar-refractivity contribution in [3.8, 4) is 0 Å². The van der Waals surface area contributed by atoms with Crippen LogP contribution in [0.4, 0.5) is 0 Å². The zero-order valence-corrected chi connectivity index (χ0v) is 11.2. The topological polar surface area (TPSA) is 49.6 Å². The summed E-state index contributed by atoms with van der Waals surface area (Å²) in [6.07, 6.45) is 5.12. The predicted octanol–water partition coefficient (Wildman–Crippen LogP) is 1.06. The van der Waals surface area contributed by atoms with E-state index < -0.39 is 0 Å². The normalized spacial score (nSPS) is 17.4. The van der Waals surface area contributed by atoms with E-state index in [1.165, 1.54) is 0 Å². The first kappa shape index (κ1) is 14.5. The maximum absolute atomic E-state index is 11.9. The highest BCUT2D eigenvalue weighted by molar-refractivity contribution is 5.76. The van der Waals surface area contributed by atoms with Crippen LogP contribution in [0.2, 0.25) is 0 Å². The molecule has 0 unspecified atom stereocenters. The average molecular weight is 241 g/mol. The molecule has 0 aromatic heterocycles. The molecule has 4 heteroatoms. The number of carbonyl (C=O) groups is 1. The van der Waals surface area contributed by atoms with Crippen molar-refractivity contribution in [2.75, 3.05) is 39.3 Å². The van der Waals surface area contributed by atoms with Crippen LogP contribution in [0.5, 0.6) is 0 Å². The van der Waals surface area contributed by atoms with Crippen LogP contribution in [0.25, 0.3) is 0 Å². The van der Waals surface area contributed by atoms with Gasteiger partial charge in [-0.2, -0.15) is 0 Å². The third kappa shape index (κ3) is 5.50. The van der Waals surface area contributed by atoms with Gasteiger partial charge in [0.25, 0.3) is 0 Å². The fraction of sp³-hybridized carbons (Fsp3) is 0.923. The molecule has 100 valence electrons. The summed E-state index contributed by atoms with van der Waals surface area (Å²) < 4.78 is 0. The standard InChI is InChI=1S/C13H27N3O/c1-2-15-9-11-16(12-10-15)13(17)7-5-3-4-6-8-14/h2-12,14H2,1H3. The van der Waals surface area contributed by atoms with Crippen molar-refractivity contribution in [2.45, 2.75) is 39.0 Å². The van der Waals surface area contributed by atoms with E-state index in [1.54, 1.807) is 0 Å². The lowest BCUT2D eigenvalue weighted by Crippen LogP contribution is -2.48. The Kier molecular flexibility index (Phi) is 7.21. The first-order chi connectivity index (χ1) is 8.27. The lowest BCUT2D eigenvalue weighted by atomic mass is 10.1. The van der Waals surface area contributed by atoms with Crippen LogP contribution in [0.3, 0.4) is 0 Å². The Morgan fingerprint density at radius 1 is 1.06 bits per heavy atom.